The molecule has 0 saturated carbocycles. The Morgan fingerprint density at radius 3 is 2.05 bits per heavy atom. The molecule has 1 amide bonds. The standard InChI is InChI=1S/C11H12F3NO5/c12-6-1-5(7(13)9(19)8(6)14)10(20)15-11(2-16,3-17)4-18/h1,16-19H,2-4H2,(H,15,20). The monoisotopic (exact) mass is 295 g/mol. The van der Waals surface area contributed by atoms with Gasteiger partial charge >= 0.3 is 0 Å². The van der Waals surface area contributed by atoms with E-state index in [1.807, 2.05) is 5.32 Å². The molecule has 6 nitrogen and oxygen atoms in total. The summed E-state index contributed by atoms with van der Waals surface area (Å²) in [5.41, 5.74) is -2.91. The largest absolute Gasteiger partial charge is 0.503 e. The molecule has 1 aromatic rings. The normalized spacial score (nSPS) is 11.5. The quantitative estimate of drug-likeness (QED) is 0.459. The molecule has 0 aliphatic heterocycles. The van der Waals surface area contributed by atoms with E-state index >= 15 is 0 Å². The van der Waals surface area contributed by atoms with Gasteiger partial charge in [0.15, 0.2) is 17.4 Å². The summed E-state index contributed by atoms with van der Waals surface area (Å²) in [5.74, 6) is -8.23. The van der Waals surface area contributed by atoms with Crippen molar-refractivity contribution in [3.8, 4) is 5.75 Å². The van der Waals surface area contributed by atoms with Crippen LogP contribution in [-0.4, -0.2) is 51.7 Å². The number of phenolic OH excluding ortho intramolecular Hbond substituents is 1. The van der Waals surface area contributed by atoms with Gasteiger partial charge in [-0.25, -0.2) is 8.78 Å². The fraction of sp³-hybridized carbons (Fsp3) is 0.364. The molecule has 0 aliphatic carbocycles. The molecule has 1 rings (SSSR count). The van der Waals surface area contributed by atoms with Gasteiger partial charge in [-0.3, -0.25) is 4.79 Å². The second kappa shape index (κ2) is 6.07. The fourth-order valence-corrected chi connectivity index (χ4v) is 1.33. The zero-order valence-electron chi connectivity index (χ0n) is 10.0. The summed E-state index contributed by atoms with van der Waals surface area (Å²) in [7, 11) is 0. The number of carbonyl (C=O) groups is 1. The highest BCUT2D eigenvalue weighted by Crippen LogP contribution is 2.26. The SMILES string of the molecule is O=C(NC(CO)(CO)CO)c1cc(F)c(F)c(O)c1F. The Morgan fingerprint density at radius 2 is 1.60 bits per heavy atom. The van der Waals surface area contributed by atoms with E-state index in [2.05, 4.69) is 0 Å². The lowest BCUT2D eigenvalue weighted by Gasteiger charge is -2.28. The average Bonchev–Trinajstić information content (AvgIpc) is 2.46. The van der Waals surface area contributed by atoms with E-state index in [1.54, 1.807) is 0 Å². The molecule has 0 aromatic heterocycles. The molecule has 5 N–H and O–H groups in total. The van der Waals surface area contributed by atoms with Crippen LogP contribution in [0.4, 0.5) is 13.2 Å². The minimum Gasteiger partial charge on any atom is -0.503 e. The van der Waals surface area contributed by atoms with Crippen LogP contribution in [0.15, 0.2) is 6.07 Å². The molecule has 0 heterocycles. The van der Waals surface area contributed by atoms with Gasteiger partial charge < -0.3 is 25.7 Å². The highest BCUT2D eigenvalue weighted by Gasteiger charge is 2.32. The third kappa shape index (κ3) is 2.84. The maximum Gasteiger partial charge on any atom is 0.255 e. The van der Waals surface area contributed by atoms with Crippen LogP contribution in [-0.2, 0) is 0 Å². The summed E-state index contributed by atoms with van der Waals surface area (Å²) >= 11 is 0. The van der Waals surface area contributed by atoms with Gasteiger partial charge in [0, 0.05) is 0 Å². The van der Waals surface area contributed by atoms with Gasteiger partial charge in [-0.1, -0.05) is 0 Å². The Hall–Kier alpha value is -1.84. The molecule has 0 aliphatic rings. The van der Waals surface area contributed by atoms with E-state index in [4.69, 9.17) is 20.4 Å². The van der Waals surface area contributed by atoms with Crippen molar-refractivity contribution < 1.29 is 38.4 Å². The fourth-order valence-electron chi connectivity index (χ4n) is 1.33. The van der Waals surface area contributed by atoms with Crippen LogP contribution < -0.4 is 5.32 Å². The van der Waals surface area contributed by atoms with Crippen LogP contribution in [0.5, 0.6) is 5.75 Å². The Morgan fingerprint density at radius 1 is 1.10 bits per heavy atom. The first-order valence-electron chi connectivity index (χ1n) is 5.33. The number of phenols is 1. The van der Waals surface area contributed by atoms with Gasteiger partial charge in [-0.2, -0.15) is 4.39 Å². The maximum absolute atomic E-state index is 13.5. The lowest BCUT2D eigenvalue weighted by atomic mass is 10.0. The van der Waals surface area contributed by atoms with Gasteiger partial charge in [0.1, 0.15) is 5.54 Å². The Bertz CT molecular complexity index is 511. The number of hydrogen-bond donors (Lipinski definition) is 5. The number of aliphatic hydroxyl groups excluding tert-OH is 3. The van der Waals surface area contributed by atoms with E-state index in [0.29, 0.717) is 0 Å². The third-order valence-electron chi connectivity index (χ3n) is 2.66. The summed E-state index contributed by atoms with van der Waals surface area (Å²) in [6.45, 7) is -2.66. The second-order valence-electron chi connectivity index (χ2n) is 4.09. The number of rotatable bonds is 5. The molecule has 0 bridgehead atoms. The number of aromatic hydroxyl groups is 1. The smallest absolute Gasteiger partial charge is 0.255 e. The number of amides is 1. The zero-order valence-corrected chi connectivity index (χ0v) is 10.0. The summed E-state index contributed by atoms with van der Waals surface area (Å²) in [6.07, 6.45) is 0. The number of halogens is 3. The van der Waals surface area contributed by atoms with Crippen LogP contribution in [0.25, 0.3) is 0 Å². The van der Waals surface area contributed by atoms with Crippen molar-refractivity contribution in [3.05, 3.63) is 29.1 Å². The molecule has 0 unspecified atom stereocenters. The summed E-state index contributed by atoms with van der Waals surface area (Å²) in [5, 5.41) is 37.8. The number of benzene rings is 1. The first-order valence-corrected chi connectivity index (χ1v) is 5.33. The highest BCUT2D eigenvalue weighted by atomic mass is 19.2. The van der Waals surface area contributed by atoms with Crippen molar-refractivity contribution in [2.75, 3.05) is 19.8 Å². The van der Waals surface area contributed by atoms with Gasteiger partial charge in [0.2, 0.25) is 5.82 Å². The number of hydrogen-bond acceptors (Lipinski definition) is 5. The summed E-state index contributed by atoms with van der Waals surface area (Å²) in [4.78, 5) is 11.7. The minimum absolute atomic E-state index is 0.205. The highest BCUT2D eigenvalue weighted by molar-refractivity contribution is 5.95. The Balaban J connectivity index is 3.17. The van der Waals surface area contributed by atoms with Crippen molar-refractivity contribution in [2.45, 2.75) is 5.54 Å². The third-order valence-corrected chi connectivity index (χ3v) is 2.66. The van der Waals surface area contributed by atoms with Crippen molar-refractivity contribution in [2.24, 2.45) is 0 Å². The van der Waals surface area contributed by atoms with E-state index in [9.17, 15) is 18.0 Å². The van der Waals surface area contributed by atoms with Crippen LogP contribution >= 0.6 is 0 Å². The topological polar surface area (TPSA) is 110 Å². The molecular formula is C11H12F3NO5. The molecule has 0 radical (unpaired) electrons. The molecule has 9 heteroatoms. The molecular weight excluding hydrogens is 283 g/mol. The van der Waals surface area contributed by atoms with Crippen LogP contribution in [0.2, 0.25) is 0 Å². The van der Waals surface area contributed by atoms with Crippen molar-refractivity contribution in [1.82, 2.24) is 5.32 Å². The van der Waals surface area contributed by atoms with E-state index in [0.717, 1.165) is 0 Å². The van der Waals surface area contributed by atoms with Gasteiger partial charge in [0.05, 0.1) is 25.4 Å². The second-order valence-corrected chi connectivity index (χ2v) is 4.09. The zero-order chi connectivity index (χ0) is 15.5. The summed E-state index contributed by atoms with van der Waals surface area (Å²) in [6, 6.07) is 0.205. The lowest BCUT2D eigenvalue weighted by Crippen LogP contribution is -2.57. The Kier molecular flexibility index (Phi) is 4.93. The van der Waals surface area contributed by atoms with Crippen molar-refractivity contribution in [1.29, 1.82) is 0 Å². The molecule has 0 spiro atoms. The molecule has 1 aromatic carbocycles. The lowest BCUT2D eigenvalue weighted by molar-refractivity contribution is 0.0373. The van der Waals surface area contributed by atoms with E-state index < -0.39 is 60.0 Å². The molecule has 112 valence electrons. The maximum atomic E-state index is 13.5. The van der Waals surface area contributed by atoms with Crippen LogP contribution in [0, 0.1) is 17.5 Å². The molecule has 0 fully saturated rings. The Labute approximate surface area is 111 Å². The van der Waals surface area contributed by atoms with E-state index in [-0.39, 0.29) is 6.07 Å². The van der Waals surface area contributed by atoms with Gasteiger partial charge in [-0.05, 0) is 6.07 Å². The molecule has 0 atom stereocenters. The number of carbonyl (C=O) groups excluding carboxylic acids is 1. The van der Waals surface area contributed by atoms with Crippen LogP contribution in [0.1, 0.15) is 10.4 Å². The predicted molar refractivity (Wildman–Crippen MR) is 59.4 cm³/mol. The number of nitrogens with one attached hydrogen (secondary N) is 1. The van der Waals surface area contributed by atoms with E-state index in [1.165, 1.54) is 0 Å². The molecule has 0 saturated heterocycles. The van der Waals surface area contributed by atoms with Gasteiger partial charge in [-0.15, -0.1) is 0 Å². The first-order chi connectivity index (χ1) is 9.31. The van der Waals surface area contributed by atoms with Crippen molar-refractivity contribution in [3.63, 3.8) is 0 Å². The molecule has 20 heavy (non-hydrogen) atoms. The van der Waals surface area contributed by atoms with Crippen molar-refractivity contribution >= 4 is 5.91 Å². The number of aliphatic hydroxyl groups is 3. The summed E-state index contributed by atoms with van der Waals surface area (Å²) < 4.78 is 39.4. The van der Waals surface area contributed by atoms with Gasteiger partial charge in [0.25, 0.3) is 5.91 Å². The minimum atomic E-state index is -1.87. The first kappa shape index (κ1) is 16.2. The average molecular weight is 295 g/mol. The van der Waals surface area contributed by atoms with Crippen LogP contribution in [0.3, 0.4) is 0 Å². The predicted octanol–water partition coefficient (Wildman–Crippen LogP) is -0.745.